The molecule has 378 valence electrons. The molecule has 0 saturated heterocycles. The third kappa shape index (κ3) is 109. The Labute approximate surface area is 394 Å². The van der Waals surface area contributed by atoms with Crippen LogP contribution in [-0.4, -0.2) is 11.7 Å². The van der Waals surface area contributed by atoms with E-state index in [9.17, 15) is 0 Å². The molecule has 0 unspecified atom stereocenters. The summed E-state index contributed by atoms with van der Waals surface area (Å²) in [6.45, 7) is 25.3. The zero-order chi connectivity index (χ0) is 46.6. The first-order valence-corrected chi connectivity index (χ1v) is 29.6. The minimum Gasteiger partial charge on any atom is -0.396 e. The van der Waals surface area contributed by atoms with Crippen LogP contribution in [0.25, 0.3) is 0 Å². The van der Waals surface area contributed by atoms with Crippen molar-refractivity contribution in [2.45, 2.75) is 384 Å². The molecular weight excluding hydrogens is 737 g/mol. The van der Waals surface area contributed by atoms with Gasteiger partial charge in [0.15, 0.2) is 0 Å². The largest absolute Gasteiger partial charge is 0.396 e. The Morgan fingerprint density at radius 1 is 0.131 bits per heavy atom. The molecule has 0 aromatic heterocycles. The van der Waals surface area contributed by atoms with Gasteiger partial charge in [-0.15, -0.1) is 0 Å². The van der Waals surface area contributed by atoms with Gasteiger partial charge in [0, 0.05) is 6.61 Å². The highest BCUT2D eigenvalue weighted by Crippen LogP contribution is 2.11. The lowest BCUT2D eigenvalue weighted by Crippen LogP contribution is -1.83. The van der Waals surface area contributed by atoms with Crippen molar-refractivity contribution in [2.75, 3.05) is 6.61 Å². The van der Waals surface area contributed by atoms with Gasteiger partial charge in [-0.25, -0.2) is 0 Å². The van der Waals surface area contributed by atoms with E-state index >= 15 is 0 Å². The Bertz CT molecular complexity index is 417. The van der Waals surface area contributed by atoms with Gasteiger partial charge >= 0.3 is 0 Å². The summed E-state index contributed by atoms with van der Waals surface area (Å²) < 4.78 is 0. The van der Waals surface area contributed by atoms with Crippen molar-refractivity contribution in [3.63, 3.8) is 0 Å². The summed E-state index contributed by atoms with van der Waals surface area (Å²) in [5.41, 5.74) is 0. The highest BCUT2D eigenvalue weighted by molar-refractivity contribution is 4.48. The molecule has 0 aliphatic heterocycles. The first-order chi connectivity index (χ1) is 30.0. The average Bonchev–Trinajstić information content (AvgIpc) is 3.28. The van der Waals surface area contributed by atoms with Gasteiger partial charge in [-0.1, -0.05) is 378 Å². The lowest BCUT2D eigenvalue weighted by molar-refractivity contribution is 0.282. The summed E-state index contributed by atoms with van der Waals surface area (Å²) in [6.07, 6.45) is 67.7. The van der Waals surface area contributed by atoms with Crippen LogP contribution in [0.5, 0.6) is 0 Å². The first kappa shape index (κ1) is 72.6. The van der Waals surface area contributed by atoms with Crippen molar-refractivity contribution in [1.82, 2.24) is 0 Å². The molecular formula is C60H132O. The Hall–Kier alpha value is -0.0400. The molecule has 0 heterocycles. The van der Waals surface area contributed by atoms with Gasteiger partial charge in [-0.2, -0.15) is 0 Å². The summed E-state index contributed by atoms with van der Waals surface area (Å²) in [5, 5.41) is 8.51. The molecule has 61 heavy (non-hydrogen) atoms. The van der Waals surface area contributed by atoms with Crippen LogP contribution in [0.1, 0.15) is 384 Å². The van der Waals surface area contributed by atoms with Gasteiger partial charge in [-0.05, 0) is 6.42 Å². The maximum atomic E-state index is 8.51. The molecule has 0 aromatic rings. The second-order valence-corrected chi connectivity index (χ2v) is 18.8. The van der Waals surface area contributed by atoms with Gasteiger partial charge in [0.2, 0.25) is 0 Å². The van der Waals surface area contributed by atoms with Gasteiger partial charge in [0.1, 0.15) is 0 Å². The number of aliphatic hydroxyl groups excluding tert-OH is 1. The molecule has 0 rings (SSSR count). The Kier molecular flexibility index (Phi) is 103. The van der Waals surface area contributed by atoms with Crippen LogP contribution in [-0.2, 0) is 0 Å². The predicted molar refractivity (Wildman–Crippen MR) is 291 cm³/mol. The van der Waals surface area contributed by atoms with Crippen molar-refractivity contribution < 1.29 is 5.11 Å². The summed E-state index contributed by atoms with van der Waals surface area (Å²) >= 11 is 0. The van der Waals surface area contributed by atoms with Crippen molar-refractivity contribution in [3.8, 4) is 0 Å². The molecule has 0 saturated carbocycles. The van der Waals surface area contributed by atoms with Gasteiger partial charge in [0.05, 0.1) is 0 Å². The van der Waals surface area contributed by atoms with Gasteiger partial charge < -0.3 is 5.11 Å². The van der Waals surface area contributed by atoms with E-state index in [1.54, 1.807) is 0 Å². The molecule has 1 nitrogen and oxygen atoms in total. The van der Waals surface area contributed by atoms with Gasteiger partial charge in [-0.3, -0.25) is 0 Å². The van der Waals surface area contributed by atoms with E-state index < -0.39 is 0 Å². The van der Waals surface area contributed by atoms with E-state index in [1.807, 2.05) is 0 Å². The summed E-state index contributed by atoms with van der Waals surface area (Å²) in [5.74, 6) is 0. The minimum atomic E-state index is 0.370. The molecule has 0 aliphatic carbocycles. The monoisotopic (exact) mass is 869 g/mol. The molecule has 0 aromatic carbocycles. The standard InChI is InChI=1S/C10H22O.5C10H22/c1-2-3-4-5-6-7-8-9-10-11;5*1-3-5-7-9-10-8-6-4-2/h11H,2-10H2,1H3;5*3-10H2,1-2H3. The topological polar surface area (TPSA) is 20.2 Å². The maximum Gasteiger partial charge on any atom is 0.0431 e. The highest BCUT2D eigenvalue weighted by Gasteiger charge is 1.92. The quantitative estimate of drug-likeness (QED) is 0.0606. The van der Waals surface area contributed by atoms with Crippen LogP contribution in [0.4, 0.5) is 0 Å². The SMILES string of the molecule is CCCCCCCCCC.CCCCCCCCCC.CCCCCCCCCC.CCCCCCCCCC.CCCCCCCCCC.CCCCCCCCCCO. The first-order valence-electron chi connectivity index (χ1n) is 29.6. The molecule has 0 radical (unpaired) electrons. The van der Waals surface area contributed by atoms with Crippen LogP contribution in [0, 0.1) is 0 Å². The van der Waals surface area contributed by atoms with Gasteiger partial charge in [0.25, 0.3) is 0 Å². The van der Waals surface area contributed by atoms with Crippen LogP contribution in [0.3, 0.4) is 0 Å². The average molecular weight is 870 g/mol. The zero-order valence-electron chi connectivity index (χ0n) is 46.1. The molecule has 1 heteroatoms. The van der Waals surface area contributed by atoms with E-state index in [1.165, 1.54) is 302 Å². The van der Waals surface area contributed by atoms with Crippen LogP contribution >= 0.6 is 0 Å². The van der Waals surface area contributed by atoms with Crippen molar-refractivity contribution >= 4 is 0 Å². The summed E-state index contributed by atoms with van der Waals surface area (Å²) in [6, 6.07) is 0. The Morgan fingerprint density at radius 2 is 0.213 bits per heavy atom. The van der Waals surface area contributed by atoms with E-state index in [2.05, 4.69) is 76.2 Å². The lowest BCUT2D eigenvalue weighted by atomic mass is 10.1. The van der Waals surface area contributed by atoms with Crippen LogP contribution < -0.4 is 0 Å². The molecule has 0 aliphatic rings. The second-order valence-electron chi connectivity index (χ2n) is 18.8. The van der Waals surface area contributed by atoms with Crippen molar-refractivity contribution in [2.24, 2.45) is 0 Å². The molecule has 1 N–H and O–H groups in total. The number of aliphatic hydroxyl groups is 1. The third-order valence-corrected chi connectivity index (χ3v) is 11.8. The van der Waals surface area contributed by atoms with E-state index in [4.69, 9.17) is 5.11 Å². The Morgan fingerprint density at radius 3 is 0.295 bits per heavy atom. The van der Waals surface area contributed by atoms with E-state index in [0.29, 0.717) is 6.61 Å². The lowest BCUT2D eigenvalue weighted by Gasteiger charge is -1.98. The van der Waals surface area contributed by atoms with Crippen molar-refractivity contribution in [3.05, 3.63) is 0 Å². The molecule has 0 spiro atoms. The normalized spacial score (nSPS) is 10.2. The number of hydrogen-bond donors (Lipinski definition) is 1. The van der Waals surface area contributed by atoms with E-state index in [0.717, 1.165) is 6.42 Å². The molecule has 0 bridgehead atoms. The zero-order valence-corrected chi connectivity index (χ0v) is 46.1. The summed E-state index contributed by atoms with van der Waals surface area (Å²) in [4.78, 5) is 0. The fraction of sp³-hybridized carbons (Fsp3) is 1.00. The smallest absolute Gasteiger partial charge is 0.0431 e. The fourth-order valence-electron chi connectivity index (χ4n) is 7.28. The molecule has 0 amide bonds. The van der Waals surface area contributed by atoms with E-state index in [-0.39, 0.29) is 0 Å². The number of unbranched alkanes of at least 4 members (excludes halogenated alkanes) is 42. The number of rotatable bonds is 43. The third-order valence-electron chi connectivity index (χ3n) is 11.8. The summed E-state index contributed by atoms with van der Waals surface area (Å²) in [7, 11) is 0. The predicted octanol–water partition coefficient (Wildman–Crippen LogP) is 23.9. The molecule has 0 fully saturated rings. The second kappa shape index (κ2) is 87.0. The fourth-order valence-corrected chi connectivity index (χ4v) is 7.28. The maximum absolute atomic E-state index is 8.51. The van der Waals surface area contributed by atoms with Crippen molar-refractivity contribution in [1.29, 1.82) is 0 Å². The minimum absolute atomic E-state index is 0.370. The highest BCUT2D eigenvalue weighted by atomic mass is 16.2. The Balaban J connectivity index is -0.000000149. The number of hydrogen-bond acceptors (Lipinski definition) is 1. The van der Waals surface area contributed by atoms with Crippen LogP contribution in [0.15, 0.2) is 0 Å². The van der Waals surface area contributed by atoms with Crippen LogP contribution in [0.2, 0.25) is 0 Å². The molecule has 0 atom stereocenters.